The minimum absolute atomic E-state index is 0.126. The van der Waals surface area contributed by atoms with E-state index in [0.29, 0.717) is 22.6 Å². The van der Waals surface area contributed by atoms with Gasteiger partial charge in [0.05, 0.1) is 11.1 Å². The van der Waals surface area contributed by atoms with Crippen LogP contribution in [0.4, 0.5) is 18.9 Å². The number of benzene rings is 4. The van der Waals surface area contributed by atoms with Gasteiger partial charge in [-0.1, -0.05) is 36.4 Å². The first-order valence-electron chi connectivity index (χ1n) is 10.4. The quantitative estimate of drug-likeness (QED) is 0.310. The van der Waals surface area contributed by atoms with Crippen molar-refractivity contribution in [1.82, 2.24) is 0 Å². The van der Waals surface area contributed by atoms with Gasteiger partial charge in [-0.05, 0) is 71.8 Å². The van der Waals surface area contributed by atoms with E-state index in [4.69, 9.17) is 4.74 Å². The summed E-state index contributed by atoms with van der Waals surface area (Å²) >= 11 is 0. The third kappa shape index (κ3) is 5.86. The Morgan fingerprint density at radius 1 is 0.714 bits per heavy atom. The number of ether oxygens (including phenoxy) is 1. The molecule has 0 unspecified atom stereocenters. The third-order valence-corrected chi connectivity index (χ3v) is 5.06. The van der Waals surface area contributed by atoms with Crippen LogP contribution in [0.2, 0.25) is 0 Å². The van der Waals surface area contributed by atoms with Crippen LogP contribution in [0, 0.1) is 0 Å². The number of hydrogen-bond donors (Lipinski definition) is 2. The summed E-state index contributed by atoms with van der Waals surface area (Å²) < 4.78 is 44.4. The van der Waals surface area contributed by atoms with E-state index in [0.717, 1.165) is 12.1 Å². The number of carbonyl (C=O) groups is 2. The molecule has 0 radical (unpaired) electrons. The Labute approximate surface area is 198 Å². The molecule has 0 aliphatic carbocycles. The minimum atomic E-state index is -4.49. The number of anilines is 1. The second-order valence-corrected chi connectivity index (χ2v) is 7.58. The van der Waals surface area contributed by atoms with Gasteiger partial charge in [0.2, 0.25) is 0 Å². The van der Waals surface area contributed by atoms with E-state index in [9.17, 15) is 27.9 Å². The van der Waals surface area contributed by atoms with Crippen LogP contribution < -0.4 is 10.1 Å². The van der Waals surface area contributed by atoms with Gasteiger partial charge >= 0.3 is 12.1 Å². The third-order valence-electron chi connectivity index (χ3n) is 5.06. The number of aromatic carboxylic acids is 1. The Kier molecular flexibility index (Phi) is 6.55. The Bertz CT molecular complexity index is 1370. The summed E-state index contributed by atoms with van der Waals surface area (Å²) in [5, 5.41) is 12.1. The van der Waals surface area contributed by atoms with E-state index in [1.807, 2.05) is 18.2 Å². The van der Waals surface area contributed by atoms with Crippen LogP contribution in [-0.4, -0.2) is 17.0 Å². The molecule has 0 heterocycles. The van der Waals surface area contributed by atoms with Gasteiger partial charge in [-0.3, -0.25) is 4.79 Å². The van der Waals surface area contributed by atoms with Gasteiger partial charge in [-0.2, -0.15) is 13.2 Å². The van der Waals surface area contributed by atoms with Crippen molar-refractivity contribution in [2.75, 3.05) is 5.32 Å². The van der Waals surface area contributed by atoms with Gasteiger partial charge in [0.25, 0.3) is 5.91 Å². The second kappa shape index (κ2) is 9.72. The highest BCUT2D eigenvalue weighted by Gasteiger charge is 2.30. The Morgan fingerprint density at radius 2 is 1.40 bits per heavy atom. The Balaban J connectivity index is 1.59. The number of rotatable bonds is 6. The van der Waals surface area contributed by atoms with E-state index in [1.54, 1.807) is 36.4 Å². The molecule has 8 heteroatoms. The maximum absolute atomic E-state index is 12.9. The zero-order chi connectivity index (χ0) is 25.0. The lowest BCUT2D eigenvalue weighted by molar-refractivity contribution is -0.137. The normalized spacial score (nSPS) is 11.1. The van der Waals surface area contributed by atoms with Crippen molar-refractivity contribution >= 4 is 17.6 Å². The minimum Gasteiger partial charge on any atom is -0.478 e. The van der Waals surface area contributed by atoms with Gasteiger partial charge in [-0.25, -0.2) is 4.79 Å². The molecular weight excluding hydrogens is 459 g/mol. The monoisotopic (exact) mass is 477 g/mol. The molecule has 4 aromatic carbocycles. The van der Waals surface area contributed by atoms with Crippen molar-refractivity contribution in [1.29, 1.82) is 0 Å². The lowest BCUT2D eigenvalue weighted by Crippen LogP contribution is -2.12. The number of hydrogen-bond acceptors (Lipinski definition) is 3. The first-order chi connectivity index (χ1) is 16.7. The number of alkyl halides is 3. The summed E-state index contributed by atoms with van der Waals surface area (Å²) in [5.74, 6) is -0.717. The van der Waals surface area contributed by atoms with E-state index in [1.165, 1.54) is 30.3 Å². The molecule has 0 saturated heterocycles. The van der Waals surface area contributed by atoms with Crippen molar-refractivity contribution in [2.45, 2.75) is 6.18 Å². The summed E-state index contributed by atoms with van der Waals surface area (Å²) in [6.45, 7) is 0. The van der Waals surface area contributed by atoms with Gasteiger partial charge in [0.15, 0.2) is 0 Å². The number of carboxylic acid groups (broad SMARTS) is 1. The average Bonchev–Trinajstić information content (AvgIpc) is 2.84. The van der Waals surface area contributed by atoms with Gasteiger partial charge < -0.3 is 15.2 Å². The fourth-order valence-electron chi connectivity index (χ4n) is 3.37. The predicted octanol–water partition coefficient (Wildman–Crippen LogP) is 7.12. The highest BCUT2D eigenvalue weighted by Crippen LogP contribution is 2.32. The standard InChI is InChI=1S/C27H18F3NO4/c28-27(29,30)21-11-9-17(10-12-21)19-13-20(26(33)34)15-22(14-19)31-25(32)18-5-4-8-24(16-18)35-23-6-2-1-3-7-23/h1-16H,(H,31,32)(H,33,34). The summed E-state index contributed by atoms with van der Waals surface area (Å²) in [4.78, 5) is 24.5. The lowest BCUT2D eigenvalue weighted by atomic mass is 10.0. The van der Waals surface area contributed by atoms with E-state index in [-0.39, 0.29) is 16.8 Å². The SMILES string of the molecule is O=C(O)c1cc(NC(=O)c2cccc(Oc3ccccc3)c2)cc(-c2ccc(C(F)(F)F)cc2)c1. The molecule has 0 saturated carbocycles. The first kappa shape index (κ1) is 23.6. The van der Waals surface area contributed by atoms with E-state index in [2.05, 4.69) is 5.32 Å². The largest absolute Gasteiger partial charge is 0.478 e. The lowest BCUT2D eigenvalue weighted by Gasteiger charge is -2.12. The fourth-order valence-corrected chi connectivity index (χ4v) is 3.37. The van der Waals surface area contributed by atoms with Gasteiger partial charge in [-0.15, -0.1) is 0 Å². The van der Waals surface area contributed by atoms with Crippen LogP contribution in [0.25, 0.3) is 11.1 Å². The molecule has 1 amide bonds. The highest BCUT2D eigenvalue weighted by atomic mass is 19.4. The number of nitrogens with one attached hydrogen (secondary N) is 1. The van der Waals surface area contributed by atoms with Crippen LogP contribution >= 0.6 is 0 Å². The van der Waals surface area contributed by atoms with Crippen molar-refractivity contribution in [3.05, 3.63) is 114 Å². The molecule has 0 bridgehead atoms. The van der Waals surface area contributed by atoms with E-state index < -0.39 is 23.6 Å². The molecule has 4 aromatic rings. The van der Waals surface area contributed by atoms with Crippen LogP contribution in [0.1, 0.15) is 26.3 Å². The maximum Gasteiger partial charge on any atom is 0.416 e. The number of halogens is 3. The summed E-state index contributed by atoms with van der Waals surface area (Å²) in [7, 11) is 0. The molecule has 4 rings (SSSR count). The molecule has 0 aliphatic rings. The van der Waals surface area contributed by atoms with Gasteiger partial charge in [0, 0.05) is 11.3 Å². The summed E-state index contributed by atoms with van der Waals surface area (Å²) in [6, 6.07) is 23.9. The molecule has 176 valence electrons. The molecule has 35 heavy (non-hydrogen) atoms. The van der Waals surface area contributed by atoms with Crippen LogP contribution in [0.15, 0.2) is 97.1 Å². The number of para-hydroxylation sites is 1. The predicted molar refractivity (Wildman–Crippen MR) is 125 cm³/mol. The number of carboxylic acids is 1. The second-order valence-electron chi connectivity index (χ2n) is 7.58. The topological polar surface area (TPSA) is 75.6 Å². The van der Waals surface area contributed by atoms with Crippen molar-refractivity contribution in [2.24, 2.45) is 0 Å². The van der Waals surface area contributed by atoms with Crippen LogP contribution in [-0.2, 0) is 6.18 Å². The fraction of sp³-hybridized carbons (Fsp3) is 0.0370. The zero-order valence-electron chi connectivity index (χ0n) is 18.0. The summed E-state index contributed by atoms with van der Waals surface area (Å²) in [6.07, 6.45) is -4.49. The van der Waals surface area contributed by atoms with Gasteiger partial charge in [0.1, 0.15) is 11.5 Å². The molecule has 0 fully saturated rings. The zero-order valence-corrected chi connectivity index (χ0v) is 18.0. The van der Waals surface area contributed by atoms with Crippen molar-refractivity contribution < 1.29 is 32.6 Å². The molecule has 5 nitrogen and oxygen atoms in total. The molecule has 0 aromatic heterocycles. The first-order valence-corrected chi connectivity index (χ1v) is 10.4. The molecule has 2 N–H and O–H groups in total. The molecule has 0 aliphatic heterocycles. The molecule has 0 spiro atoms. The number of amides is 1. The Hall–Kier alpha value is -4.59. The Morgan fingerprint density at radius 3 is 2.06 bits per heavy atom. The molecule has 0 atom stereocenters. The smallest absolute Gasteiger partial charge is 0.416 e. The van der Waals surface area contributed by atoms with Crippen molar-refractivity contribution in [3.63, 3.8) is 0 Å². The average molecular weight is 477 g/mol. The highest BCUT2D eigenvalue weighted by molar-refractivity contribution is 6.05. The number of carbonyl (C=O) groups excluding carboxylic acids is 1. The van der Waals surface area contributed by atoms with E-state index >= 15 is 0 Å². The van der Waals surface area contributed by atoms with Crippen molar-refractivity contribution in [3.8, 4) is 22.6 Å². The molecular formula is C27H18F3NO4. The maximum atomic E-state index is 12.9. The summed E-state index contributed by atoms with van der Waals surface area (Å²) in [5.41, 5.74) is 0.222. The van der Waals surface area contributed by atoms with Crippen LogP contribution in [0.3, 0.4) is 0 Å². The van der Waals surface area contributed by atoms with Crippen LogP contribution in [0.5, 0.6) is 11.5 Å².